The van der Waals surface area contributed by atoms with Crippen LogP contribution < -0.4 is 5.56 Å². The first kappa shape index (κ1) is 16.5. The maximum atomic E-state index is 12.1. The summed E-state index contributed by atoms with van der Waals surface area (Å²) in [6, 6.07) is 0. The van der Waals surface area contributed by atoms with Crippen molar-refractivity contribution in [1.82, 2.24) is 24.4 Å². The number of hydrogen-bond donors (Lipinski definition) is 4. The third-order valence-corrected chi connectivity index (χ3v) is 3.62. The van der Waals surface area contributed by atoms with Crippen molar-refractivity contribution >= 4 is 23.5 Å². The predicted octanol–water partition coefficient (Wildman–Crippen LogP) is -2.05. The van der Waals surface area contributed by atoms with Gasteiger partial charge in [-0.3, -0.25) is 14.3 Å². The molecule has 0 amide bonds. The zero-order chi connectivity index (χ0) is 17.4. The average Bonchev–Trinajstić information content (AvgIpc) is 3.08. The molecule has 1 fully saturated rings. The smallest absolute Gasteiger partial charge is 0.280 e. The quantitative estimate of drug-likeness (QED) is 0.368. The molecule has 0 radical (unpaired) electrons. The van der Waals surface area contributed by atoms with Crippen molar-refractivity contribution in [3.8, 4) is 0 Å². The van der Waals surface area contributed by atoms with E-state index in [9.17, 15) is 20.1 Å². The van der Waals surface area contributed by atoms with E-state index in [1.165, 1.54) is 17.2 Å². The molecule has 1 aliphatic rings. The predicted molar refractivity (Wildman–Crippen MR) is 83.0 cm³/mol. The van der Waals surface area contributed by atoms with E-state index in [4.69, 9.17) is 4.74 Å². The number of aliphatic imine (C=N–C) groups is 1. The van der Waals surface area contributed by atoms with Crippen molar-refractivity contribution < 1.29 is 20.1 Å². The Labute approximate surface area is 135 Å². The minimum atomic E-state index is -1.30. The van der Waals surface area contributed by atoms with Crippen molar-refractivity contribution in [1.29, 1.82) is 0 Å². The van der Waals surface area contributed by atoms with Gasteiger partial charge in [0.25, 0.3) is 5.56 Å². The Hall–Kier alpha value is -2.34. The lowest BCUT2D eigenvalue weighted by atomic mass is 10.1. The van der Waals surface area contributed by atoms with Gasteiger partial charge in [-0.25, -0.2) is 9.98 Å². The van der Waals surface area contributed by atoms with Crippen LogP contribution in [0.3, 0.4) is 0 Å². The Morgan fingerprint density at radius 1 is 1.46 bits per heavy atom. The molecule has 130 valence electrons. The fraction of sp³-hybridized carbons (Fsp3) is 0.538. The van der Waals surface area contributed by atoms with Gasteiger partial charge >= 0.3 is 0 Å². The number of rotatable bonds is 4. The molecule has 3 rings (SSSR count). The number of nitrogens with one attached hydrogen (secondary N) is 1. The van der Waals surface area contributed by atoms with Gasteiger partial charge < -0.3 is 25.0 Å². The standard InChI is InChI=1S/C13H18N6O5/c1-18(2)4-15-13-16-10-7(11(23)17-13)14-5-19(10)12-9(22)8(21)6(3-20)24-12/h4-6,8-9,12,20-22H,3H2,1-2H3,(H,16,17,23)/t6-,8?,9?,12-/m1/s1. The molecular formula is C13H18N6O5. The summed E-state index contributed by atoms with van der Waals surface area (Å²) in [5.41, 5.74) is -0.285. The van der Waals surface area contributed by atoms with Crippen LogP contribution in [0.2, 0.25) is 0 Å². The fourth-order valence-corrected chi connectivity index (χ4v) is 2.44. The molecule has 3 heterocycles. The van der Waals surface area contributed by atoms with Crippen molar-refractivity contribution in [3.63, 3.8) is 0 Å². The van der Waals surface area contributed by atoms with Crippen LogP contribution in [0.25, 0.3) is 11.2 Å². The highest BCUT2D eigenvalue weighted by atomic mass is 16.6. The van der Waals surface area contributed by atoms with Crippen LogP contribution in [0.4, 0.5) is 5.95 Å². The first-order valence-electron chi connectivity index (χ1n) is 7.22. The number of aromatic nitrogens is 4. The van der Waals surface area contributed by atoms with Crippen LogP contribution >= 0.6 is 0 Å². The number of aliphatic hydroxyl groups excluding tert-OH is 3. The van der Waals surface area contributed by atoms with Gasteiger partial charge in [-0.2, -0.15) is 4.98 Å². The number of ether oxygens (including phenoxy) is 1. The maximum Gasteiger partial charge on any atom is 0.280 e. The Balaban J connectivity index is 2.05. The van der Waals surface area contributed by atoms with Gasteiger partial charge in [0, 0.05) is 14.1 Å². The van der Waals surface area contributed by atoms with Gasteiger partial charge in [-0.05, 0) is 0 Å². The highest BCUT2D eigenvalue weighted by Gasteiger charge is 2.44. The Morgan fingerprint density at radius 3 is 2.83 bits per heavy atom. The summed E-state index contributed by atoms with van der Waals surface area (Å²) in [5, 5.41) is 29.2. The van der Waals surface area contributed by atoms with E-state index in [0.717, 1.165) is 0 Å². The molecule has 2 unspecified atom stereocenters. The summed E-state index contributed by atoms with van der Waals surface area (Å²) in [7, 11) is 3.53. The van der Waals surface area contributed by atoms with Crippen molar-refractivity contribution in [2.45, 2.75) is 24.5 Å². The van der Waals surface area contributed by atoms with Gasteiger partial charge in [0.15, 0.2) is 17.4 Å². The Kier molecular flexibility index (Phi) is 4.32. The van der Waals surface area contributed by atoms with Crippen molar-refractivity contribution in [2.75, 3.05) is 20.7 Å². The number of nitrogens with zero attached hydrogens (tertiary/aromatic N) is 5. The second-order valence-electron chi connectivity index (χ2n) is 5.65. The number of hydrogen-bond acceptors (Lipinski definition) is 8. The monoisotopic (exact) mass is 338 g/mol. The second kappa shape index (κ2) is 6.28. The molecular weight excluding hydrogens is 320 g/mol. The second-order valence-corrected chi connectivity index (χ2v) is 5.65. The number of aromatic amines is 1. The van der Waals surface area contributed by atoms with Gasteiger partial charge in [-0.1, -0.05) is 0 Å². The lowest BCUT2D eigenvalue weighted by Crippen LogP contribution is -2.33. The van der Waals surface area contributed by atoms with E-state index in [1.807, 2.05) is 0 Å². The van der Waals surface area contributed by atoms with Crippen LogP contribution in [-0.2, 0) is 4.74 Å². The normalized spacial score (nSPS) is 27.4. The maximum absolute atomic E-state index is 12.1. The SMILES string of the molecule is CN(C)C=Nc1nc2c(ncn2[C@@H]2O[C@H](CO)C(O)C2O)c(=O)[nH]1. The molecule has 2 aromatic heterocycles. The molecule has 1 saturated heterocycles. The van der Waals surface area contributed by atoms with Crippen molar-refractivity contribution in [2.24, 2.45) is 4.99 Å². The molecule has 0 bridgehead atoms. The highest BCUT2D eigenvalue weighted by Crippen LogP contribution is 2.30. The number of imidazole rings is 1. The van der Waals surface area contributed by atoms with Crippen LogP contribution in [0.15, 0.2) is 16.1 Å². The number of fused-ring (bicyclic) bond motifs is 1. The summed E-state index contributed by atoms with van der Waals surface area (Å²) in [4.78, 5) is 28.5. The van der Waals surface area contributed by atoms with Gasteiger partial charge in [0.2, 0.25) is 5.95 Å². The fourth-order valence-electron chi connectivity index (χ4n) is 2.44. The molecule has 2 aromatic rings. The largest absolute Gasteiger partial charge is 0.394 e. The molecule has 0 aliphatic carbocycles. The highest BCUT2D eigenvalue weighted by molar-refractivity contribution is 5.71. The summed E-state index contributed by atoms with van der Waals surface area (Å²) >= 11 is 0. The minimum absolute atomic E-state index is 0.0524. The lowest BCUT2D eigenvalue weighted by molar-refractivity contribution is -0.0511. The van der Waals surface area contributed by atoms with E-state index >= 15 is 0 Å². The molecule has 11 nitrogen and oxygen atoms in total. The first-order chi connectivity index (χ1) is 11.4. The summed E-state index contributed by atoms with van der Waals surface area (Å²) in [5.74, 6) is 0.0645. The van der Waals surface area contributed by atoms with Crippen molar-refractivity contribution in [3.05, 3.63) is 16.7 Å². The minimum Gasteiger partial charge on any atom is -0.394 e. The molecule has 24 heavy (non-hydrogen) atoms. The number of aliphatic hydroxyl groups is 3. The molecule has 0 spiro atoms. The number of H-pyrrole nitrogens is 1. The lowest BCUT2D eigenvalue weighted by Gasteiger charge is -2.16. The van der Waals surface area contributed by atoms with E-state index in [-0.39, 0.29) is 17.1 Å². The van der Waals surface area contributed by atoms with E-state index in [0.29, 0.717) is 0 Å². The van der Waals surface area contributed by atoms with Crippen LogP contribution in [-0.4, -0.2) is 85.1 Å². The van der Waals surface area contributed by atoms with Gasteiger partial charge in [0.1, 0.15) is 18.3 Å². The summed E-state index contributed by atoms with van der Waals surface area (Å²) in [6.45, 7) is -0.451. The molecule has 0 aromatic carbocycles. The molecule has 0 saturated carbocycles. The summed E-state index contributed by atoms with van der Waals surface area (Å²) < 4.78 is 6.78. The van der Waals surface area contributed by atoms with Crippen LogP contribution in [0, 0.1) is 0 Å². The first-order valence-corrected chi connectivity index (χ1v) is 7.22. The average molecular weight is 338 g/mol. The molecule has 4 N–H and O–H groups in total. The topological polar surface area (TPSA) is 149 Å². The Bertz CT molecular complexity index is 815. The zero-order valence-corrected chi connectivity index (χ0v) is 13.1. The summed E-state index contributed by atoms with van der Waals surface area (Å²) in [6.07, 6.45) is -1.76. The molecule has 1 aliphatic heterocycles. The molecule has 4 atom stereocenters. The van der Waals surface area contributed by atoms with Crippen LogP contribution in [0.1, 0.15) is 6.23 Å². The third kappa shape index (κ3) is 2.78. The Morgan fingerprint density at radius 2 is 2.21 bits per heavy atom. The zero-order valence-electron chi connectivity index (χ0n) is 13.1. The van der Waals surface area contributed by atoms with Crippen LogP contribution in [0.5, 0.6) is 0 Å². The third-order valence-electron chi connectivity index (χ3n) is 3.62. The van der Waals surface area contributed by atoms with Gasteiger partial charge in [-0.15, -0.1) is 0 Å². The molecule has 11 heteroatoms. The van der Waals surface area contributed by atoms with E-state index in [1.54, 1.807) is 19.0 Å². The van der Waals surface area contributed by atoms with Gasteiger partial charge in [0.05, 0.1) is 19.3 Å². The van der Waals surface area contributed by atoms with E-state index < -0.39 is 36.7 Å². The van der Waals surface area contributed by atoms with E-state index in [2.05, 4.69) is 19.9 Å².